The molecule has 1 nitrogen and oxygen atoms in total. The molecule has 0 saturated heterocycles. The number of hydrogen-bond donors (Lipinski definition) is 0. The van der Waals surface area contributed by atoms with Crippen LogP contribution in [0.2, 0.25) is 0 Å². The zero-order chi connectivity index (χ0) is 12.0. The molecule has 0 unspecified atom stereocenters. The van der Waals surface area contributed by atoms with Crippen LogP contribution in [0.5, 0.6) is 0 Å². The first-order valence-corrected chi connectivity index (χ1v) is 6.66. The number of aryl methyl sites for hydroxylation is 1. The van der Waals surface area contributed by atoms with Gasteiger partial charge in [0, 0.05) is 24.7 Å². The van der Waals surface area contributed by atoms with Gasteiger partial charge in [-0.05, 0) is 31.9 Å². The van der Waals surface area contributed by atoms with Gasteiger partial charge >= 0.3 is 0 Å². The summed E-state index contributed by atoms with van der Waals surface area (Å²) in [6.07, 6.45) is 2.47. The average molecular weight is 240 g/mol. The van der Waals surface area contributed by atoms with Crippen molar-refractivity contribution in [3.05, 3.63) is 29.3 Å². The summed E-state index contributed by atoms with van der Waals surface area (Å²) in [6.45, 7) is 8.72. The maximum absolute atomic E-state index is 6.01. The molecule has 2 heteroatoms. The molecule has 0 aromatic heterocycles. The molecule has 0 atom stereocenters. The summed E-state index contributed by atoms with van der Waals surface area (Å²) in [4.78, 5) is 2.42. The van der Waals surface area contributed by atoms with Crippen molar-refractivity contribution in [2.75, 3.05) is 18.0 Å². The highest BCUT2D eigenvalue weighted by molar-refractivity contribution is 6.17. The van der Waals surface area contributed by atoms with Gasteiger partial charge in [0.1, 0.15) is 0 Å². The third kappa shape index (κ3) is 3.41. The van der Waals surface area contributed by atoms with Crippen LogP contribution in [-0.4, -0.2) is 13.1 Å². The second kappa shape index (κ2) is 6.80. The monoisotopic (exact) mass is 239 g/mol. The first-order chi connectivity index (χ1) is 7.72. The number of unbranched alkanes of at least 4 members (excludes halogenated alkanes) is 1. The van der Waals surface area contributed by atoms with Crippen molar-refractivity contribution in [2.45, 2.75) is 39.5 Å². The summed E-state index contributed by atoms with van der Waals surface area (Å²) in [5.41, 5.74) is 3.84. The molecule has 0 radical (unpaired) electrons. The number of halogens is 1. The topological polar surface area (TPSA) is 3.24 Å². The summed E-state index contributed by atoms with van der Waals surface area (Å²) < 4.78 is 0. The van der Waals surface area contributed by atoms with E-state index in [0.717, 1.165) is 13.1 Å². The van der Waals surface area contributed by atoms with E-state index >= 15 is 0 Å². The molecule has 90 valence electrons. The predicted molar refractivity (Wildman–Crippen MR) is 73.5 cm³/mol. The van der Waals surface area contributed by atoms with Crippen molar-refractivity contribution >= 4 is 17.3 Å². The maximum Gasteiger partial charge on any atom is 0.0494 e. The lowest BCUT2D eigenvalue weighted by Gasteiger charge is -2.25. The SMILES string of the molecule is CCCCN(CC)c1ccc(C)cc1CCl. The van der Waals surface area contributed by atoms with Crippen molar-refractivity contribution < 1.29 is 0 Å². The first-order valence-electron chi connectivity index (χ1n) is 6.13. The van der Waals surface area contributed by atoms with Crippen molar-refractivity contribution in [1.82, 2.24) is 0 Å². The normalized spacial score (nSPS) is 10.5. The van der Waals surface area contributed by atoms with Gasteiger partial charge in [-0.3, -0.25) is 0 Å². The largest absolute Gasteiger partial charge is 0.372 e. The van der Waals surface area contributed by atoms with E-state index in [0.29, 0.717) is 5.88 Å². The second-order valence-electron chi connectivity index (χ2n) is 4.20. The zero-order valence-corrected chi connectivity index (χ0v) is 11.3. The summed E-state index contributed by atoms with van der Waals surface area (Å²) in [5, 5.41) is 0. The van der Waals surface area contributed by atoms with Gasteiger partial charge in [0.25, 0.3) is 0 Å². The van der Waals surface area contributed by atoms with Gasteiger partial charge in [0.15, 0.2) is 0 Å². The molecule has 0 heterocycles. The third-order valence-corrected chi connectivity index (χ3v) is 3.17. The maximum atomic E-state index is 6.01. The molecule has 0 aliphatic carbocycles. The smallest absolute Gasteiger partial charge is 0.0494 e. The van der Waals surface area contributed by atoms with Crippen LogP contribution in [0.1, 0.15) is 37.8 Å². The summed E-state index contributed by atoms with van der Waals surface area (Å²) in [5.74, 6) is 0.597. The molecule has 0 fully saturated rings. The summed E-state index contributed by atoms with van der Waals surface area (Å²) >= 11 is 6.01. The standard InChI is InChI=1S/C14H22ClN/c1-4-6-9-16(5-2)14-8-7-12(3)10-13(14)11-15/h7-8,10H,4-6,9,11H2,1-3H3. The zero-order valence-electron chi connectivity index (χ0n) is 10.6. The fourth-order valence-electron chi connectivity index (χ4n) is 1.93. The number of benzene rings is 1. The molecule has 0 saturated carbocycles. The Balaban J connectivity index is 2.90. The number of nitrogens with zero attached hydrogens (tertiary/aromatic N) is 1. The van der Waals surface area contributed by atoms with Crippen LogP contribution < -0.4 is 4.90 Å². The van der Waals surface area contributed by atoms with Crippen molar-refractivity contribution in [1.29, 1.82) is 0 Å². The van der Waals surface area contributed by atoms with Gasteiger partial charge in [0.05, 0.1) is 0 Å². The van der Waals surface area contributed by atoms with E-state index < -0.39 is 0 Å². The lowest BCUT2D eigenvalue weighted by molar-refractivity contribution is 0.730. The Morgan fingerprint density at radius 3 is 2.56 bits per heavy atom. The van der Waals surface area contributed by atoms with E-state index in [1.165, 1.54) is 29.7 Å². The Hall–Kier alpha value is -0.690. The fourth-order valence-corrected chi connectivity index (χ4v) is 2.14. The van der Waals surface area contributed by atoms with Crippen LogP contribution in [0.3, 0.4) is 0 Å². The molecule has 0 aliphatic heterocycles. The minimum absolute atomic E-state index is 0.597. The number of alkyl halides is 1. The van der Waals surface area contributed by atoms with E-state index in [4.69, 9.17) is 11.6 Å². The van der Waals surface area contributed by atoms with Gasteiger partial charge in [-0.15, -0.1) is 11.6 Å². The molecule has 0 bridgehead atoms. The highest BCUT2D eigenvalue weighted by Crippen LogP contribution is 2.23. The Labute approximate surface area is 104 Å². The molecule has 0 spiro atoms. The minimum atomic E-state index is 0.597. The van der Waals surface area contributed by atoms with E-state index in [9.17, 15) is 0 Å². The molecule has 1 aromatic carbocycles. The van der Waals surface area contributed by atoms with Crippen LogP contribution in [-0.2, 0) is 5.88 Å². The van der Waals surface area contributed by atoms with Gasteiger partial charge in [-0.1, -0.05) is 31.0 Å². The van der Waals surface area contributed by atoms with Crippen LogP contribution in [0, 0.1) is 6.92 Å². The fraction of sp³-hybridized carbons (Fsp3) is 0.571. The number of rotatable bonds is 6. The molecule has 1 aromatic rings. The van der Waals surface area contributed by atoms with E-state index in [1.54, 1.807) is 0 Å². The lowest BCUT2D eigenvalue weighted by Crippen LogP contribution is -2.24. The van der Waals surface area contributed by atoms with Crippen LogP contribution >= 0.6 is 11.6 Å². The van der Waals surface area contributed by atoms with Crippen LogP contribution in [0.4, 0.5) is 5.69 Å². The molecule has 0 N–H and O–H groups in total. The van der Waals surface area contributed by atoms with Crippen molar-refractivity contribution in [3.8, 4) is 0 Å². The van der Waals surface area contributed by atoms with E-state index in [2.05, 4.69) is 43.9 Å². The highest BCUT2D eigenvalue weighted by Gasteiger charge is 2.08. The Morgan fingerprint density at radius 2 is 2.00 bits per heavy atom. The molecule has 1 rings (SSSR count). The van der Waals surface area contributed by atoms with Gasteiger partial charge < -0.3 is 4.90 Å². The summed E-state index contributed by atoms with van der Waals surface area (Å²) in [7, 11) is 0. The molecular formula is C14H22ClN. The Bertz CT molecular complexity index is 323. The molecule has 16 heavy (non-hydrogen) atoms. The molecular weight excluding hydrogens is 218 g/mol. The highest BCUT2D eigenvalue weighted by atomic mass is 35.5. The Morgan fingerprint density at radius 1 is 1.25 bits per heavy atom. The first kappa shape index (κ1) is 13.4. The molecule has 0 aliphatic rings. The van der Waals surface area contributed by atoms with Crippen LogP contribution in [0.15, 0.2) is 18.2 Å². The predicted octanol–water partition coefficient (Wildman–Crippen LogP) is 4.36. The van der Waals surface area contributed by atoms with Crippen LogP contribution in [0.25, 0.3) is 0 Å². The quantitative estimate of drug-likeness (QED) is 0.667. The van der Waals surface area contributed by atoms with Gasteiger partial charge in [-0.25, -0.2) is 0 Å². The Kier molecular flexibility index (Phi) is 5.68. The number of hydrogen-bond acceptors (Lipinski definition) is 1. The summed E-state index contributed by atoms with van der Waals surface area (Å²) in [6, 6.07) is 6.56. The van der Waals surface area contributed by atoms with Crippen molar-refractivity contribution in [3.63, 3.8) is 0 Å². The molecule has 0 amide bonds. The minimum Gasteiger partial charge on any atom is -0.372 e. The average Bonchev–Trinajstić information content (AvgIpc) is 2.31. The van der Waals surface area contributed by atoms with E-state index in [1.807, 2.05) is 0 Å². The van der Waals surface area contributed by atoms with Crippen molar-refractivity contribution in [2.24, 2.45) is 0 Å². The van der Waals surface area contributed by atoms with E-state index in [-0.39, 0.29) is 0 Å². The van der Waals surface area contributed by atoms with Gasteiger partial charge in [0.2, 0.25) is 0 Å². The van der Waals surface area contributed by atoms with Gasteiger partial charge in [-0.2, -0.15) is 0 Å². The third-order valence-electron chi connectivity index (χ3n) is 2.88. The number of anilines is 1. The lowest BCUT2D eigenvalue weighted by atomic mass is 10.1. The second-order valence-corrected chi connectivity index (χ2v) is 4.47.